The molecular formula is C8H18LiNSi. The SMILES string of the molecule is [Li][CH2]CCN1CCC[Si]1(C)C. The Morgan fingerprint density at radius 1 is 1.45 bits per heavy atom. The molecule has 0 amide bonds. The molecule has 1 aliphatic rings. The molecule has 3 heteroatoms. The first-order valence-electron chi connectivity index (χ1n) is 4.92. The molecule has 1 heterocycles. The van der Waals surface area contributed by atoms with E-state index in [4.69, 9.17) is 0 Å². The first-order valence-corrected chi connectivity index (χ1v) is 8.07. The molecule has 0 atom stereocenters. The summed E-state index contributed by atoms with van der Waals surface area (Å²) in [5.74, 6) is 0. The molecule has 0 unspecified atom stereocenters. The van der Waals surface area contributed by atoms with E-state index in [1.165, 1.54) is 37.1 Å². The van der Waals surface area contributed by atoms with E-state index in [1.807, 2.05) is 0 Å². The van der Waals surface area contributed by atoms with Gasteiger partial charge in [0.25, 0.3) is 0 Å². The van der Waals surface area contributed by atoms with E-state index < -0.39 is 8.24 Å². The summed E-state index contributed by atoms with van der Waals surface area (Å²) < 4.78 is 2.77. The maximum atomic E-state index is 2.77. The van der Waals surface area contributed by atoms with Gasteiger partial charge >= 0.3 is 80.7 Å². The van der Waals surface area contributed by atoms with E-state index in [0.717, 1.165) is 0 Å². The third kappa shape index (κ3) is 2.63. The van der Waals surface area contributed by atoms with Crippen LogP contribution in [0.3, 0.4) is 0 Å². The van der Waals surface area contributed by atoms with Crippen molar-refractivity contribution < 1.29 is 0 Å². The van der Waals surface area contributed by atoms with Gasteiger partial charge in [-0.25, -0.2) is 0 Å². The molecular weight excluding hydrogens is 145 g/mol. The summed E-state index contributed by atoms with van der Waals surface area (Å²) in [5, 5.41) is 1.35. The molecule has 0 aromatic rings. The van der Waals surface area contributed by atoms with Gasteiger partial charge in [-0.1, -0.05) is 0 Å². The van der Waals surface area contributed by atoms with Crippen molar-refractivity contribution in [2.24, 2.45) is 0 Å². The van der Waals surface area contributed by atoms with Crippen molar-refractivity contribution in [3.63, 3.8) is 0 Å². The fourth-order valence-electron chi connectivity index (χ4n) is 1.93. The van der Waals surface area contributed by atoms with Crippen molar-refractivity contribution in [3.8, 4) is 0 Å². The predicted molar refractivity (Wildman–Crippen MR) is 53.7 cm³/mol. The molecule has 1 saturated heterocycles. The third-order valence-electron chi connectivity index (χ3n) is 2.85. The average molecular weight is 163 g/mol. The Bertz CT molecular complexity index is 127. The summed E-state index contributed by atoms with van der Waals surface area (Å²) in [6.07, 6.45) is 2.86. The van der Waals surface area contributed by atoms with Crippen molar-refractivity contribution in [1.82, 2.24) is 4.57 Å². The fraction of sp³-hybridized carbons (Fsp3) is 1.00. The molecule has 60 valence electrons. The van der Waals surface area contributed by atoms with Crippen molar-refractivity contribution in [2.75, 3.05) is 13.1 Å². The Hall–Kier alpha value is 0.774. The van der Waals surface area contributed by atoms with Crippen LogP contribution in [0.5, 0.6) is 0 Å². The van der Waals surface area contributed by atoms with Gasteiger partial charge in [-0.3, -0.25) is 0 Å². The molecule has 0 aliphatic carbocycles. The zero-order valence-electron chi connectivity index (χ0n) is 8.19. The van der Waals surface area contributed by atoms with Gasteiger partial charge in [0.15, 0.2) is 0 Å². The molecule has 0 saturated carbocycles. The second-order valence-electron chi connectivity index (χ2n) is 4.26. The predicted octanol–water partition coefficient (Wildman–Crippen LogP) is 1.87. The molecule has 1 fully saturated rings. The van der Waals surface area contributed by atoms with Crippen molar-refractivity contribution >= 4 is 26.0 Å². The minimum atomic E-state index is -0.873. The normalized spacial score (nSPS) is 24.4. The number of hydrogen-bond acceptors (Lipinski definition) is 1. The second kappa shape index (κ2) is 4.14. The molecule has 1 rings (SSSR count). The van der Waals surface area contributed by atoms with Crippen LogP contribution in [0.4, 0.5) is 0 Å². The molecule has 11 heavy (non-hydrogen) atoms. The van der Waals surface area contributed by atoms with Gasteiger partial charge in [0, 0.05) is 0 Å². The number of nitrogens with zero attached hydrogens (tertiary/aromatic N) is 1. The molecule has 0 N–H and O–H groups in total. The van der Waals surface area contributed by atoms with Gasteiger partial charge in [0.05, 0.1) is 0 Å². The summed E-state index contributed by atoms with van der Waals surface area (Å²) in [6, 6.07) is 1.52. The molecule has 1 nitrogen and oxygen atoms in total. The van der Waals surface area contributed by atoms with E-state index in [1.54, 1.807) is 0 Å². The molecule has 0 aromatic heterocycles. The van der Waals surface area contributed by atoms with E-state index in [2.05, 4.69) is 35.4 Å². The van der Waals surface area contributed by atoms with Crippen LogP contribution < -0.4 is 0 Å². The second-order valence-corrected chi connectivity index (χ2v) is 9.01. The summed E-state index contributed by atoms with van der Waals surface area (Å²) in [5.41, 5.74) is 0. The van der Waals surface area contributed by atoms with Crippen LogP contribution in [0, 0.1) is 0 Å². The quantitative estimate of drug-likeness (QED) is 0.574. The molecule has 0 bridgehead atoms. The average Bonchev–Trinajstić information content (AvgIpc) is 2.25. The molecule has 1 aliphatic heterocycles. The first kappa shape index (κ1) is 9.86. The number of rotatable bonds is 3. The Kier molecular flexibility index (Phi) is 3.71. The maximum absolute atomic E-state index is 2.77. The van der Waals surface area contributed by atoms with E-state index in [9.17, 15) is 0 Å². The van der Waals surface area contributed by atoms with Gasteiger partial charge in [0.1, 0.15) is 0 Å². The zero-order chi connectivity index (χ0) is 8.32. The monoisotopic (exact) mass is 163 g/mol. The first-order chi connectivity index (χ1) is 5.17. The van der Waals surface area contributed by atoms with Gasteiger partial charge in [-0.05, 0) is 0 Å². The van der Waals surface area contributed by atoms with Crippen LogP contribution in [-0.2, 0) is 0 Å². The standard InChI is InChI=1S/C8H18NSi.Li/c1-4-6-9-7-5-8-10(9,2)3;/h1,4-8H2,2-3H3;. The molecule has 0 radical (unpaired) electrons. The van der Waals surface area contributed by atoms with Crippen LogP contribution in [0.25, 0.3) is 0 Å². The van der Waals surface area contributed by atoms with Crippen LogP contribution >= 0.6 is 0 Å². The third-order valence-corrected chi connectivity index (χ3v) is 6.59. The van der Waals surface area contributed by atoms with Crippen LogP contribution in [0.2, 0.25) is 24.2 Å². The van der Waals surface area contributed by atoms with Crippen molar-refractivity contribution in [1.29, 1.82) is 0 Å². The topological polar surface area (TPSA) is 3.24 Å². The van der Waals surface area contributed by atoms with Crippen molar-refractivity contribution in [3.05, 3.63) is 0 Å². The Labute approximate surface area is 80.8 Å². The van der Waals surface area contributed by atoms with Crippen molar-refractivity contribution in [2.45, 2.75) is 37.1 Å². The Morgan fingerprint density at radius 3 is 2.64 bits per heavy atom. The van der Waals surface area contributed by atoms with E-state index in [-0.39, 0.29) is 0 Å². The van der Waals surface area contributed by atoms with Gasteiger partial charge in [-0.2, -0.15) is 0 Å². The van der Waals surface area contributed by atoms with E-state index >= 15 is 0 Å². The Morgan fingerprint density at radius 2 is 2.18 bits per heavy atom. The molecule has 0 spiro atoms. The Balaban J connectivity index is 2.32. The summed E-state index contributed by atoms with van der Waals surface area (Å²) in [7, 11) is -0.873. The summed E-state index contributed by atoms with van der Waals surface area (Å²) in [6.45, 7) is 7.78. The molecule has 0 aromatic carbocycles. The van der Waals surface area contributed by atoms with E-state index in [0.29, 0.717) is 0 Å². The van der Waals surface area contributed by atoms with Gasteiger partial charge in [0.2, 0.25) is 0 Å². The minimum absolute atomic E-state index is 0.873. The summed E-state index contributed by atoms with van der Waals surface area (Å²) >= 11 is 2.28. The van der Waals surface area contributed by atoms with Crippen LogP contribution in [0.15, 0.2) is 0 Å². The van der Waals surface area contributed by atoms with Gasteiger partial charge in [-0.15, -0.1) is 0 Å². The zero-order valence-corrected chi connectivity index (χ0v) is 9.19. The van der Waals surface area contributed by atoms with Crippen LogP contribution in [0.1, 0.15) is 12.8 Å². The number of hydrogen-bond donors (Lipinski definition) is 0. The summed E-state index contributed by atoms with van der Waals surface area (Å²) in [4.78, 5) is 0. The van der Waals surface area contributed by atoms with Gasteiger partial charge < -0.3 is 0 Å². The fourth-order valence-corrected chi connectivity index (χ4v) is 4.79. The van der Waals surface area contributed by atoms with Crippen LogP contribution in [-0.4, -0.2) is 43.6 Å².